The normalized spacial score (nSPS) is 13.6. The van der Waals surface area contributed by atoms with Crippen molar-refractivity contribution in [2.24, 2.45) is 17.2 Å². The third-order valence-corrected chi connectivity index (χ3v) is 6.73. The second-order valence-electron chi connectivity index (χ2n) is 10.2. The lowest BCUT2D eigenvalue weighted by Crippen LogP contribution is -2.61. The van der Waals surface area contributed by atoms with Crippen LogP contribution in [-0.2, 0) is 27.2 Å². The molecule has 0 spiro atoms. The van der Waals surface area contributed by atoms with Crippen LogP contribution in [0.2, 0.25) is 0 Å². The Bertz CT molecular complexity index is 1390. The molecular formula is C28H34N6O3. The Hall–Kier alpha value is -3.79. The zero-order valence-corrected chi connectivity index (χ0v) is 21.6. The van der Waals surface area contributed by atoms with Gasteiger partial charge in [-0.05, 0) is 63.8 Å². The number of imide groups is 3. The molecule has 9 heteroatoms. The maximum absolute atomic E-state index is 13.6. The lowest BCUT2D eigenvalue weighted by atomic mass is 9.98. The van der Waals surface area contributed by atoms with Crippen LogP contribution in [0.5, 0.6) is 0 Å². The molecule has 0 bridgehead atoms. The van der Waals surface area contributed by atoms with E-state index in [1.54, 1.807) is 0 Å². The summed E-state index contributed by atoms with van der Waals surface area (Å²) in [5, 5.41) is 1.86. The van der Waals surface area contributed by atoms with Gasteiger partial charge in [-0.25, -0.2) is 4.90 Å². The maximum atomic E-state index is 13.6. The summed E-state index contributed by atoms with van der Waals surface area (Å²) >= 11 is 0. The minimum absolute atomic E-state index is 0.132. The number of rotatable bonds is 7. The lowest BCUT2D eigenvalue weighted by molar-refractivity contribution is -0.157. The maximum Gasteiger partial charge on any atom is 0.255 e. The summed E-state index contributed by atoms with van der Waals surface area (Å²) in [6.45, 7) is 6.66. The van der Waals surface area contributed by atoms with E-state index < -0.39 is 35.3 Å². The zero-order valence-electron chi connectivity index (χ0n) is 21.6. The topological polar surface area (TPSA) is 164 Å². The van der Waals surface area contributed by atoms with E-state index in [-0.39, 0.29) is 12.8 Å². The molecule has 37 heavy (non-hydrogen) atoms. The van der Waals surface area contributed by atoms with Crippen molar-refractivity contribution in [1.82, 2.24) is 14.9 Å². The van der Waals surface area contributed by atoms with Crippen LogP contribution in [0.25, 0.3) is 21.8 Å². The highest BCUT2D eigenvalue weighted by Crippen LogP contribution is 2.25. The van der Waals surface area contributed by atoms with Crippen LogP contribution in [0.1, 0.15) is 36.4 Å². The number of H-pyrrole nitrogens is 2. The summed E-state index contributed by atoms with van der Waals surface area (Å²) in [5.74, 6) is -2.51. The van der Waals surface area contributed by atoms with Gasteiger partial charge in [0.25, 0.3) is 17.7 Å². The Morgan fingerprint density at radius 1 is 0.784 bits per heavy atom. The highest BCUT2D eigenvalue weighted by Gasteiger charge is 2.40. The SMILES string of the molecule is Cc1[nH]c2ccccc2c1C[C@@H](N)C(=O)N(C(=O)[C@H](N)Cc1c(C)[nH]c2ccccc12)C(=O)C(C)(C)N. The first-order chi connectivity index (χ1) is 17.4. The average Bonchev–Trinajstić information content (AvgIpc) is 3.33. The lowest BCUT2D eigenvalue weighted by Gasteiger charge is -2.30. The Morgan fingerprint density at radius 3 is 1.54 bits per heavy atom. The van der Waals surface area contributed by atoms with Crippen LogP contribution >= 0.6 is 0 Å². The minimum Gasteiger partial charge on any atom is -0.358 e. The predicted molar refractivity (Wildman–Crippen MR) is 145 cm³/mol. The van der Waals surface area contributed by atoms with Crippen LogP contribution < -0.4 is 17.2 Å². The third kappa shape index (κ3) is 5.06. The molecule has 0 saturated heterocycles. The molecule has 4 aromatic rings. The molecule has 2 atom stereocenters. The first kappa shape index (κ1) is 26.3. The molecule has 2 aromatic heterocycles. The smallest absolute Gasteiger partial charge is 0.255 e. The number of carbonyl (C=O) groups is 3. The van der Waals surface area contributed by atoms with E-state index >= 15 is 0 Å². The Kier molecular flexibility index (Phi) is 7.05. The molecule has 0 aliphatic heterocycles. The second-order valence-corrected chi connectivity index (χ2v) is 10.2. The molecule has 194 valence electrons. The van der Waals surface area contributed by atoms with Gasteiger partial charge in [-0.15, -0.1) is 0 Å². The quantitative estimate of drug-likeness (QED) is 0.260. The van der Waals surface area contributed by atoms with E-state index in [4.69, 9.17) is 17.2 Å². The van der Waals surface area contributed by atoms with E-state index in [1.165, 1.54) is 13.8 Å². The van der Waals surface area contributed by atoms with Gasteiger partial charge in [0, 0.05) is 33.2 Å². The van der Waals surface area contributed by atoms with Crippen LogP contribution in [0.4, 0.5) is 0 Å². The number of hydrogen-bond acceptors (Lipinski definition) is 6. The predicted octanol–water partition coefficient (Wildman–Crippen LogP) is 2.32. The van der Waals surface area contributed by atoms with Gasteiger partial charge in [0.1, 0.15) is 0 Å². The van der Waals surface area contributed by atoms with Crippen molar-refractivity contribution < 1.29 is 14.4 Å². The fraction of sp³-hybridized carbons (Fsp3) is 0.321. The van der Waals surface area contributed by atoms with Crippen LogP contribution in [0, 0.1) is 13.8 Å². The number of nitrogens with zero attached hydrogens (tertiary/aromatic N) is 1. The van der Waals surface area contributed by atoms with Crippen molar-refractivity contribution >= 4 is 39.5 Å². The van der Waals surface area contributed by atoms with Gasteiger partial charge in [-0.2, -0.15) is 0 Å². The van der Waals surface area contributed by atoms with Gasteiger partial charge in [-0.3, -0.25) is 14.4 Å². The molecule has 0 aliphatic carbocycles. The fourth-order valence-electron chi connectivity index (χ4n) is 4.74. The second kappa shape index (κ2) is 9.93. The largest absolute Gasteiger partial charge is 0.358 e. The van der Waals surface area contributed by atoms with Gasteiger partial charge in [0.15, 0.2) is 0 Å². The summed E-state index contributed by atoms with van der Waals surface area (Å²) in [6.07, 6.45) is 0.265. The summed E-state index contributed by atoms with van der Waals surface area (Å²) in [5.41, 5.74) is 22.5. The first-order valence-electron chi connectivity index (χ1n) is 12.2. The molecule has 8 N–H and O–H groups in total. The molecule has 9 nitrogen and oxygen atoms in total. The van der Waals surface area contributed by atoms with E-state index in [0.717, 1.165) is 44.3 Å². The summed E-state index contributed by atoms with van der Waals surface area (Å²) in [6, 6.07) is 13.0. The number of hydrogen-bond donors (Lipinski definition) is 5. The summed E-state index contributed by atoms with van der Waals surface area (Å²) in [4.78, 5) is 47.5. The Morgan fingerprint density at radius 2 is 1.16 bits per heavy atom. The van der Waals surface area contributed by atoms with E-state index in [9.17, 15) is 14.4 Å². The van der Waals surface area contributed by atoms with Crippen LogP contribution in [-0.4, -0.2) is 50.2 Å². The standard InChI is InChI=1S/C28H34N6O3/c1-15-19(17-9-5-7-11-23(17)32-15)13-21(29)25(35)34(27(37)28(3,4)31)26(36)22(30)14-20-16(2)33-24-12-8-6-10-18(20)24/h5-12,21-22,32-33H,13-14,29-31H2,1-4H3/t21-,22-/m1/s1. The van der Waals surface area contributed by atoms with Crippen molar-refractivity contribution in [3.8, 4) is 0 Å². The van der Waals surface area contributed by atoms with Gasteiger partial charge >= 0.3 is 0 Å². The molecule has 0 unspecified atom stereocenters. The molecule has 2 heterocycles. The third-order valence-electron chi connectivity index (χ3n) is 6.73. The van der Waals surface area contributed by atoms with Gasteiger partial charge in [0.2, 0.25) is 0 Å². The van der Waals surface area contributed by atoms with Gasteiger partial charge in [0.05, 0.1) is 17.6 Å². The molecule has 0 aliphatic rings. The number of benzene rings is 2. The molecule has 0 radical (unpaired) electrons. The van der Waals surface area contributed by atoms with Crippen molar-refractivity contribution in [3.05, 3.63) is 71.0 Å². The summed E-state index contributed by atoms with van der Waals surface area (Å²) < 4.78 is 0. The van der Waals surface area contributed by atoms with Crippen molar-refractivity contribution in [3.63, 3.8) is 0 Å². The molecule has 4 rings (SSSR count). The average molecular weight is 503 g/mol. The number of nitrogens with two attached hydrogens (primary N) is 3. The Labute approximate surface area is 215 Å². The zero-order chi connectivity index (χ0) is 27.1. The van der Waals surface area contributed by atoms with Crippen molar-refractivity contribution in [2.75, 3.05) is 0 Å². The highest BCUT2D eigenvalue weighted by molar-refractivity contribution is 6.16. The number of carbonyl (C=O) groups excluding carboxylic acids is 3. The van der Waals surface area contributed by atoms with E-state index in [1.807, 2.05) is 62.4 Å². The minimum atomic E-state index is -1.49. The number of aryl methyl sites for hydroxylation is 2. The van der Waals surface area contributed by atoms with E-state index in [0.29, 0.717) is 4.90 Å². The molecule has 3 amide bonds. The number of para-hydroxylation sites is 2. The number of fused-ring (bicyclic) bond motifs is 2. The molecule has 0 fully saturated rings. The Balaban J connectivity index is 1.62. The number of amides is 3. The van der Waals surface area contributed by atoms with Crippen molar-refractivity contribution in [2.45, 2.75) is 58.2 Å². The molecule has 0 saturated carbocycles. The number of aromatic amines is 2. The molecular weight excluding hydrogens is 468 g/mol. The van der Waals surface area contributed by atoms with E-state index in [2.05, 4.69) is 9.97 Å². The number of nitrogens with one attached hydrogen (secondary N) is 2. The fourth-order valence-corrected chi connectivity index (χ4v) is 4.74. The highest BCUT2D eigenvalue weighted by atomic mass is 16.2. The van der Waals surface area contributed by atoms with Crippen LogP contribution in [0.15, 0.2) is 48.5 Å². The van der Waals surface area contributed by atoms with Crippen molar-refractivity contribution in [1.29, 1.82) is 0 Å². The monoisotopic (exact) mass is 502 g/mol. The summed E-state index contributed by atoms with van der Waals surface area (Å²) in [7, 11) is 0. The first-order valence-corrected chi connectivity index (χ1v) is 12.2. The van der Waals surface area contributed by atoms with Gasteiger partial charge < -0.3 is 27.2 Å². The molecule has 2 aromatic carbocycles. The van der Waals surface area contributed by atoms with Gasteiger partial charge in [-0.1, -0.05) is 36.4 Å². The number of aromatic nitrogens is 2. The van der Waals surface area contributed by atoms with Crippen LogP contribution in [0.3, 0.4) is 0 Å².